The third-order valence-electron chi connectivity index (χ3n) is 2.93. The molecule has 0 N–H and O–H groups in total. The van der Waals surface area contributed by atoms with Crippen LogP contribution in [0.25, 0.3) is 11.0 Å². The second-order valence-corrected chi connectivity index (χ2v) is 5.97. The summed E-state index contributed by atoms with van der Waals surface area (Å²) < 4.78 is 6.79. The number of hydrogen-bond acceptors (Lipinski definition) is 1. The van der Waals surface area contributed by atoms with Crippen molar-refractivity contribution in [3.05, 3.63) is 69.3 Å². The van der Waals surface area contributed by atoms with Crippen molar-refractivity contribution < 1.29 is 4.42 Å². The predicted octanol–water partition coefficient (Wildman–Crippen LogP) is 6.18. The van der Waals surface area contributed by atoms with Crippen molar-refractivity contribution in [3.63, 3.8) is 0 Å². The van der Waals surface area contributed by atoms with E-state index in [2.05, 4.69) is 15.9 Å². The van der Waals surface area contributed by atoms with Crippen molar-refractivity contribution in [1.82, 2.24) is 0 Å². The summed E-state index contributed by atoms with van der Waals surface area (Å²) in [7, 11) is 0. The van der Waals surface area contributed by atoms with E-state index in [0.717, 1.165) is 21.0 Å². The van der Waals surface area contributed by atoms with E-state index < -0.39 is 0 Å². The summed E-state index contributed by atoms with van der Waals surface area (Å²) in [6, 6.07) is 15.3. The molecular formula is C15H9BrCl2O. The fraction of sp³-hybridized carbons (Fsp3) is 0.0667. The molecule has 1 atom stereocenters. The number of alkyl halides is 1. The average Bonchev–Trinajstić information content (AvgIpc) is 2.81. The van der Waals surface area contributed by atoms with Gasteiger partial charge < -0.3 is 4.42 Å². The molecule has 3 rings (SSSR count). The zero-order valence-electron chi connectivity index (χ0n) is 9.74. The lowest BCUT2D eigenvalue weighted by molar-refractivity contribution is 0.557. The number of hydrogen-bond donors (Lipinski definition) is 0. The molecule has 0 saturated carbocycles. The SMILES string of the molecule is Clc1ccccc1C(Cl)c1cc2cc(Br)ccc2o1. The molecular weight excluding hydrogens is 347 g/mol. The van der Waals surface area contributed by atoms with Crippen LogP contribution in [-0.2, 0) is 0 Å². The third kappa shape index (κ3) is 2.53. The average molecular weight is 356 g/mol. The van der Waals surface area contributed by atoms with E-state index in [-0.39, 0.29) is 5.38 Å². The van der Waals surface area contributed by atoms with Crippen LogP contribution in [0.5, 0.6) is 0 Å². The van der Waals surface area contributed by atoms with Gasteiger partial charge in [0, 0.05) is 14.9 Å². The van der Waals surface area contributed by atoms with Crippen LogP contribution in [0.3, 0.4) is 0 Å². The summed E-state index contributed by atoms with van der Waals surface area (Å²) in [5, 5.41) is 1.27. The number of fused-ring (bicyclic) bond motifs is 1. The largest absolute Gasteiger partial charge is 0.459 e. The molecule has 0 aliphatic carbocycles. The lowest BCUT2D eigenvalue weighted by Gasteiger charge is -2.08. The van der Waals surface area contributed by atoms with Gasteiger partial charge in [0.1, 0.15) is 16.7 Å². The van der Waals surface area contributed by atoms with Gasteiger partial charge in [0.05, 0.1) is 0 Å². The maximum Gasteiger partial charge on any atom is 0.134 e. The predicted molar refractivity (Wildman–Crippen MR) is 83.1 cm³/mol. The van der Waals surface area contributed by atoms with Crippen LogP contribution in [-0.4, -0.2) is 0 Å². The number of halogens is 3. The summed E-state index contributed by atoms with van der Waals surface area (Å²) in [5.41, 5.74) is 1.67. The second kappa shape index (κ2) is 5.20. The van der Waals surface area contributed by atoms with Gasteiger partial charge >= 0.3 is 0 Å². The summed E-state index contributed by atoms with van der Waals surface area (Å²) in [6.07, 6.45) is 0. The van der Waals surface area contributed by atoms with Gasteiger partial charge in [0.15, 0.2) is 0 Å². The topological polar surface area (TPSA) is 13.1 Å². The Labute approximate surface area is 129 Å². The van der Waals surface area contributed by atoms with Crippen molar-refractivity contribution in [1.29, 1.82) is 0 Å². The minimum atomic E-state index is -0.389. The van der Waals surface area contributed by atoms with Crippen LogP contribution in [0.1, 0.15) is 16.7 Å². The van der Waals surface area contributed by atoms with Gasteiger partial charge in [0.25, 0.3) is 0 Å². The zero-order chi connectivity index (χ0) is 13.4. The molecule has 0 radical (unpaired) electrons. The van der Waals surface area contributed by atoms with Gasteiger partial charge in [0.2, 0.25) is 0 Å². The van der Waals surface area contributed by atoms with Crippen molar-refractivity contribution in [2.45, 2.75) is 5.38 Å². The van der Waals surface area contributed by atoms with E-state index in [1.165, 1.54) is 0 Å². The Morgan fingerprint density at radius 2 is 1.84 bits per heavy atom. The molecule has 0 aliphatic rings. The zero-order valence-corrected chi connectivity index (χ0v) is 12.8. The molecule has 1 heterocycles. The monoisotopic (exact) mass is 354 g/mol. The summed E-state index contributed by atoms with van der Waals surface area (Å²) >= 11 is 16.1. The first-order valence-electron chi connectivity index (χ1n) is 5.72. The van der Waals surface area contributed by atoms with Gasteiger partial charge in [-0.05, 0) is 35.9 Å². The molecule has 19 heavy (non-hydrogen) atoms. The Balaban J connectivity index is 2.07. The van der Waals surface area contributed by atoms with Gasteiger partial charge in [-0.15, -0.1) is 11.6 Å². The molecule has 96 valence electrons. The summed E-state index contributed by atoms with van der Waals surface area (Å²) in [5.74, 6) is 0.697. The molecule has 0 aliphatic heterocycles. The molecule has 4 heteroatoms. The van der Waals surface area contributed by atoms with Crippen LogP contribution in [0.2, 0.25) is 5.02 Å². The maximum absolute atomic E-state index is 6.46. The summed E-state index contributed by atoms with van der Waals surface area (Å²) in [6.45, 7) is 0. The standard InChI is InChI=1S/C15H9BrCl2O/c16-10-5-6-13-9(7-10)8-14(19-13)15(18)11-3-1-2-4-12(11)17/h1-8,15H. The Kier molecular flexibility index (Phi) is 3.57. The molecule has 1 unspecified atom stereocenters. The summed E-state index contributed by atoms with van der Waals surface area (Å²) in [4.78, 5) is 0. The first kappa shape index (κ1) is 13.0. The van der Waals surface area contributed by atoms with Crippen molar-refractivity contribution in [2.24, 2.45) is 0 Å². The smallest absolute Gasteiger partial charge is 0.134 e. The van der Waals surface area contributed by atoms with Crippen LogP contribution in [0, 0.1) is 0 Å². The minimum Gasteiger partial charge on any atom is -0.459 e. The van der Waals surface area contributed by atoms with E-state index in [1.54, 1.807) is 0 Å². The van der Waals surface area contributed by atoms with Crippen LogP contribution >= 0.6 is 39.1 Å². The molecule has 1 aromatic heterocycles. The van der Waals surface area contributed by atoms with Crippen LogP contribution in [0.15, 0.2) is 57.4 Å². The van der Waals surface area contributed by atoms with Crippen molar-refractivity contribution in [2.75, 3.05) is 0 Å². The van der Waals surface area contributed by atoms with E-state index in [0.29, 0.717) is 10.8 Å². The highest BCUT2D eigenvalue weighted by molar-refractivity contribution is 9.10. The molecule has 1 nitrogen and oxygen atoms in total. The molecule has 0 saturated heterocycles. The Morgan fingerprint density at radius 1 is 1.05 bits per heavy atom. The Morgan fingerprint density at radius 3 is 2.63 bits per heavy atom. The number of rotatable bonds is 2. The molecule has 0 amide bonds. The third-order valence-corrected chi connectivity index (χ3v) is 4.21. The van der Waals surface area contributed by atoms with E-state index in [1.807, 2.05) is 48.5 Å². The van der Waals surface area contributed by atoms with Gasteiger partial charge in [-0.25, -0.2) is 0 Å². The minimum absolute atomic E-state index is 0.389. The second-order valence-electron chi connectivity index (χ2n) is 4.21. The van der Waals surface area contributed by atoms with E-state index in [9.17, 15) is 0 Å². The first-order valence-corrected chi connectivity index (χ1v) is 7.33. The van der Waals surface area contributed by atoms with Gasteiger partial charge in [-0.2, -0.15) is 0 Å². The highest BCUT2D eigenvalue weighted by Gasteiger charge is 2.18. The van der Waals surface area contributed by atoms with Gasteiger partial charge in [-0.1, -0.05) is 45.7 Å². The normalized spacial score (nSPS) is 12.8. The van der Waals surface area contributed by atoms with Gasteiger partial charge in [-0.3, -0.25) is 0 Å². The lowest BCUT2D eigenvalue weighted by atomic mass is 10.1. The first-order chi connectivity index (χ1) is 9.15. The molecule has 0 spiro atoms. The van der Waals surface area contributed by atoms with Crippen molar-refractivity contribution in [3.8, 4) is 0 Å². The Hall–Kier alpha value is -0.960. The molecule has 2 aromatic carbocycles. The Bertz CT molecular complexity index is 736. The fourth-order valence-corrected chi connectivity index (χ4v) is 2.97. The molecule has 0 bridgehead atoms. The van der Waals surface area contributed by atoms with Crippen LogP contribution in [0.4, 0.5) is 0 Å². The van der Waals surface area contributed by atoms with Crippen molar-refractivity contribution >= 4 is 50.1 Å². The van der Waals surface area contributed by atoms with E-state index in [4.69, 9.17) is 27.6 Å². The highest BCUT2D eigenvalue weighted by Crippen LogP contribution is 2.36. The maximum atomic E-state index is 6.46. The number of furan rings is 1. The van der Waals surface area contributed by atoms with Crippen LogP contribution < -0.4 is 0 Å². The van der Waals surface area contributed by atoms with E-state index >= 15 is 0 Å². The molecule has 3 aromatic rings. The fourth-order valence-electron chi connectivity index (χ4n) is 1.99. The quantitative estimate of drug-likeness (QED) is 0.500. The number of benzene rings is 2. The highest BCUT2D eigenvalue weighted by atomic mass is 79.9. The lowest BCUT2D eigenvalue weighted by Crippen LogP contribution is -1.91. The molecule has 0 fully saturated rings.